The molecule has 0 bridgehead atoms. The van der Waals surface area contributed by atoms with Crippen LogP contribution in [0.1, 0.15) is 13.8 Å². The molecule has 0 aliphatic heterocycles. The molecule has 0 heterocycles. The summed E-state index contributed by atoms with van der Waals surface area (Å²) < 4.78 is 0. The molecule has 4 atom stereocenters. The number of allylic oxidation sites excluding steroid dienone is 4. The Bertz CT molecular complexity index is 487. The Hall–Kier alpha value is -1.54. The van der Waals surface area contributed by atoms with Gasteiger partial charge < -0.3 is 0 Å². The molecule has 2 unspecified atom stereocenters. The van der Waals surface area contributed by atoms with Crippen molar-refractivity contribution in [1.82, 2.24) is 0 Å². The fourth-order valence-electron chi connectivity index (χ4n) is 3.57. The van der Waals surface area contributed by atoms with Gasteiger partial charge in [0.15, 0.2) is 0 Å². The van der Waals surface area contributed by atoms with Gasteiger partial charge in [0.25, 0.3) is 0 Å². The molecule has 68 valence electrons. The van der Waals surface area contributed by atoms with Gasteiger partial charge in [-0.1, -0.05) is 32.1 Å². The molecule has 14 heavy (non-hydrogen) atoms. The van der Waals surface area contributed by atoms with Crippen LogP contribution in [0.25, 0.3) is 0 Å². The lowest BCUT2D eigenvalue weighted by Crippen LogP contribution is -2.24. The molecule has 0 saturated heterocycles. The van der Waals surface area contributed by atoms with Crippen molar-refractivity contribution in [2.75, 3.05) is 0 Å². The lowest BCUT2D eigenvalue weighted by atomic mass is 9.73. The van der Waals surface area contributed by atoms with Crippen LogP contribution in [0.2, 0.25) is 0 Å². The fraction of sp³-hybridized carbons (Fsp3) is 0.500. The van der Waals surface area contributed by atoms with Crippen molar-refractivity contribution in [1.29, 1.82) is 10.5 Å². The second-order valence-corrected chi connectivity index (χ2v) is 4.89. The van der Waals surface area contributed by atoms with Gasteiger partial charge in [0.1, 0.15) is 0 Å². The standard InChI is InChI=1S/C12H10N2/c1-10-3-4-12(7-14)9(11(10,12)2)5-8(10)6-13/h3-5,9H,1-2H3/t9?,10-,11+,12?/m0/s1. The highest BCUT2D eigenvalue weighted by atomic mass is 14.8. The van der Waals surface area contributed by atoms with E-state index in [2.05, 4.69) is 32.1 Å². The highest BCUT2D eigenvalue weighted by Crippen LogP contribution is 2.85. The number of nitrogens with zero attached hydrogens (tertiary/aromatic N) is 2. The highest BCUT2D eigenvalue weighted by molar-refractivity contribution is 5.61. The maximum Gasteiger partial charge on any atom is 0.0953 e. The fourth-order valence-corrected chi connectivity index (χ4v) is 3.57. The molecule has 0 N–H and O–H groups in total. The van der Waals surface area contributed by atoms with Crippen LogP contribution in [0.5, 0.6) is 0 Å². The number of hydrogen-bond acceptors (Lipinski definition) is 2. The minimum atomic E-state index is -0.303. The van der Waals surface area contributed by atoms with E-state index >= 15 is 0 Å². The lowest BCUT2D eigenvalue weighted by Gasteiger charge is -2.27. The Morgan fingerprint density at radius 3 is 2.50 bits per heavy atom. The van der Waals surface area contributed by atoms with Crippen LogP contribution in [0, 0.1) is 44.8 Å². The van der Waals surface area contributed by atoms with Crippen molar-refractivity contribution in [3.8, 4) is 12.1 Å². The molecule has 2 nitrogen and oxygen atoms in total. The summed E-state index contributed by atoms with van der Waals surface area (Å²) in [6.45, 7) is 4.20. The molecule has 1 fully saturated rings. The molecule has 3 aliphatic carbocycles. The smallest absolute Gasteiger partial charge is 0.0953 e. The van der Waals surface area contributed by atoms with Gasteiger partial charge in [-0.15, -0.1) is 0 Å². The van der Waals surface area contributed by atoms with Crippen molar-refractivity contribution in [2.24, 2.45) is 22.2 Å². The maximum atomic E-state index is 9.21. The second-order valence-electron chi connectivity index (χ2n) is 4.89. The van der Waals surface area contributed by atoms with Gasteiger partial charge in [-0.3, -0.25) is 0 Å². The Morgan fingerprint density at radius 1 is 1.29 bits per heavy atom. The number of rotatable bonds is 0. The lowest BCUT2D eigenvalue weighted by molar-refractivity contribution is 0.306. The Kier molecular flexibility index (Phi) is 0.930. The number of nitriles is 2. The first kappa shape index (κ1) is 7.83. The first-order chi connectivity index (χ1) is 6.57. The van der Waals surface area contributed by atoms with Crippen molar-refractivity contribution < 1.29 is 0 Å². The molecule has 0 aromatic carbocycles. The SMILES string of the molecule is C[C@]12C=CC3(C#N)C(C=C1C#N)[C@@]32C. The van der Waals surface area contributed by atoms with E-state index in [4.69, 9.17) is 5.26 Å². The van der Waals surface area contributed by atoms with Crippen LogP contribution in [0.4, 0.5) is 0 Å². The molecule has 3 aliphatic rings. The Labute approximate surface area is 83.1 Å². The van der Waals surface area contributed by atoms with Gasteiger partial charge in [0, 0.05) is 22.3 Å². The largest absolute Gasteiger partial charge is 0.197 e. The summed E-state index contributed by atoms with van der Waals surface area (Å²) in [5, 5.41) is 18.2. The predicted molar refractivity (Wildman–Crippen MR) is 50.6 cm³/mol. The minimum absolute atomic E-state index is 0.0419. The van der Waals surface area contributed by atoms with Crippen LogP contribution in [0.15, 0.2) is 23.8 Å². The van der Waals surface area contributed by atoms with Crippen LogP contribution >= 0.6 is 0 Å². The molecule has 3 rings (SSSR count). The van der Waals surface area contributed by atoms with Gasteiger partial charge in [0.05, 0.1) is 17.6 Å². The van der Waals surface area contributed by atoms with Gasteiger partial charge >= 0.3 is 0 Å². The normalized spacial score (nSPS) is 56.0. The third-order valence-electron chi connectivity index (χ3n) is 4.85. The predicted octanol–water partition coefficient (Wildman–Crippen LogP) is 2.17. The molecule has 0 amide bonds. The highest BCUT2D eigenvalue weighted by Gasteiger charge is 2.84. The van der Waals surface area contributed by atoms with E-state index in [0.717, 1.165) is 5.57 Å². The third-order valence-corrected chi connectivity index (χ3v) is 4.85. The average Bonchev–Trinajstić information content (AvgIpc) is 2.57. The summed E-state index contributed by atoms with van der Waals surface area (Å²) >= 11 is 0. The molecular weight excluding hydrogens is 172 g/mol. The third kappa shape index (κ3) is 0.399. The molecule has 0 spiro atoms. The summed E-state index contributed by atoms with van der Waals surface area (Å²) in [7, 11) is 0. The van der Waals surface area contributed by atoms with Crippen molar-refractivity contribution >= 4 is 0 Å². The molecule has 0 aromatic heterocycles. The van der Waals surface area contributed by atoms with Gasteiger partial charge in [-0.05, 0) is 0 Å². The number of hydrogen-bond donors (Lipinski definition) is 0. The van der Waals surface area contributed by atoms with E-state index < -0.39 is 0 Å². The van der Waals surface area contributed by atoms with Crippen molar-refractivity contribution in [3.63, 3.8) is 0 Å². The topological polar surface area (TPSA) is 47.6 Å². The Morgan fingerprint density at radius 2 is 2.00 bits per heavy atom. The summed E-state index contributed by atoms with van der Waals surface area (Å²) in [5.41, 5.74) is 0.300. The maximum absolute atomic E-state index is 9.21. The first-order valence-corrected chi connectivity index (χ1v) is 4.81. The summed E-state index contributed by atoms with van der Waals surface area (Å²) in [6.07, 6.45) is 6.07. The van der Waals surface area contributed by atoms with E-state index in [1.165, 1.54) is 0 Å². The van der Waals surface area contributed by atoms with Crippen molar-refractivity contribution in [2.45, 2.75) is 13.8 Å². The van der Waals surface area contributed by atoms with Crippen molar-refractivity contribution in [3.05, 3.63) is 23.8 Å². The van der Waals surface area contributed by atoms with Gasteiger partial charge in [-0.2, -0.15) is 10.5 Å². The number of fused-ring (bicyclic) bond motifs is 1. The zero-order chi connectivity index (χ0) is 10.2. The minimum Gasteiger partial charge on any atom is -0.197 e. The molecule has 0 aromatic rings. The van der Waals surface area contributed by atoms with E-state index in [0.29, 0.717) is 0 Å². The zero-order valence-electron chi connectivity index (χ0n) is 8.20. The Balaban J connectivity index is 2.27. The van der Waals surface area contributed by atoms with Crippen LogP contribution < -0.4 is 0 Å². The zero-order valence-corrected chi connectivity index (χ0v) is 8.20. The van der Waals surface area contributed by atoms with Gasteiger partial charge in [0.2, 0.25) is 0 Å². The van der Waals surface area contributed by atoms with Gasteiger partial charge in [-0.25, -0.2) is 0 Å². The summed E-state index contributed by atoms with van der Waals surface area (Å²) in [5.74, 6) is 0.268. The molecule has 0 radical (unpaired) electrons. The van der Waals surface area contributed by atoms with E-state index in [1.807, 2.05) is 12.2 Å². The van der Waals surface area contributed by atoms with Crippen LogP contribution in [-0.2, 0) is 0 Å². The van der Waals surface area contributed by atoms with E-state index in [9.17, 15) is 5.26 Å². The quantitative estimate of drug-likeness (QED) is 0.539. The van der Waals surface area contributed by atoms with E-state index in [-0.39, 0.29) is 22.2 Å². The molecule has 1 saturated carbocycles. The molecular formula is C12H10N2. The monoisotopic (exact) mass is 182 g/mol. The second kappa shape index (κ2) is 1.66. The van der Waals surface area contributed by atoms with E-state index in [1.54, 1.807) is 0 Å². The average molecular weight is 182 g/mol. The molecule has 2 heteroatoms. The summed E-state index contributed by atoms with van der Waals surface area (Å²) in [6, 6.07) is 4.68. The first-order valence-electron chi connectivity index (χ1n) is 4.81. The van der Waals surface area contributed by atoms with Crippen LogP contribution in [-0.4, -0.2) is 0 Å². The van der Waals surface area contributed by atoms with Crippen LogP contribution in [0.3, 0.4) is 0 Å². The summed E-state index contributed by atoms with van der Waals surface area (Å²) in [4.78, 5) is 0.